The first kappa shape index (κ1) is 35.8. The van der Waals surface area contributed by atoms with Crippen molar-refractivity contribution < 1.29 is 33.4 Å². The van der Waals surface area contributed by atoms with Crippen LogP contribution in [0.1, 0.15) is 91.5 Å². The fourth-order valence-corrected chi connectivity index (χ4v) is 6.44. The van der Waals surface area contributed by atoms with Crippen LogP contribution in [0.15, 0.2) is 36.4 Å². The van der Waals surface area contributed by atoms with E-state index in [2.05, 4.69) is 16.1 Å². The van der Waals surface area contributed by atoms with Crippen LogP contribution in [0.3, 0.4) is 0 Å². The van der Waals surface area contributed by atoms with Gasteiger partial charge < -0.3 is 20.1 Å². The van der Waals surface area contributed by atoms with Crippen LogP contribution >= 0.6 is 0 Å². The maximum absolute atomic E-state index is 14.4. The minimum Gasteiger partial charge on any atom is -0.455 e. The number of nitrogens with zero attached hydrogens (tertiary/aromatic N) is 3. The lowest BCUT2D eigenvalue weighted by Crippen LogP contribution is -2.63. The van der Waals surface area contributed by atoms with Gasteiger partial charge in [-0.2, -0.15) is 0 Å². The second-order valence-corrected chi connectivity index (χ2v) is 14.5. The van der Waals surface area contributed by atoms with E-state index in [0.29, 0.717) is 43.4 Å². The molecule has 1 spiro atoms. The van der Waals surface area contributed by atoms with Crippen molar-refractivity contribution in [2.45, 2.75) is 110 Å². The van der Waals surface area contributed by atoms with Crippen LogP contribution in [0, 0.1) is 5.92 Å². The number of carbonyl (C=O) groups excluding carboxylic acids is 5. The number of cyclic esters (lactones) is 1. The molecule has 0 unspecified atom stereocenters. The van der Waals surface area contributed by atoms with E-state index in [-0.39, 0.29) is 12.5 Å². The second-order valence-electron chi connectivity index (χ2n) is 14.5. The Morgan fingerprint density at radius 1 is 1.04 bits per heavy atom. The lowest BCUT2D eigenvalue weighted by Gasteiger charge is -2.37. The molecule has 13 nitrogen and oxygen atoms in total. The Morgan fingerprint density at radius 3 is 2.49 bits per heavy atom. The number of hydrogen-bond donors (Lipinski definition) is 3. The van der Waals surface area contributed by atoms with Crippen molar-refractivity contribution >= 4 is 46.8 Å². The summed E-state index contributed by atoms with van der Waals surface area (Å²) in [6.45, 7) is 12.8. The minimum atomic E-state index is -1.46. The van der Waals surface area contributed by atoms with Gasteiger partial charge in [0.1, 0.15) is 35.4 Å². The first-order valence-electron chi connectivity index (χ1n) is 17.1. The summed E-state index contributed by atoms with van der Waals surface area (Å²) in [5.74, 6) is -2.38. The molecule has 4 heterocycles. The van der Waals surface area contributed by atoms with E-state index in [0.717, 1.165) is 10.9 Å². The average molecular weight is 677 g/mol. The summed E-state index contributed by atoms with van der Waals surface area (Å²) in [6, 6.07) is 6.62. The van der Waals surface area contributed by atoms with E-state index in [1.807, 2.05) is 30.3 Å². The van der Waals surface area contributed by atoms with Gasteiger partial charge in [0.25, 0.3) is 11.8 Å². The molecule has 2 saturated heterocycles. The molecule has 0 radical (unpaired) electrons. The monoisotopic (exact) mass is 676 g/mol. The predicted molar refractivity (Wildman–Crippen MR) is 182 cm³/mol. The number of rotatable bonds is 1. The van der Waals surface area contributed by atoms with Crippen LogP contribution in [-0.2, 0) is 28.7 Å². The summed E-state index contributed by atoms with van der Waals surface area (Å²) in [5.41, 5.74) is 2.65. The zero-order valence-electron chi connectivity index (χ0n) is 29.4. The van der Waals surface area contributed by atoms with E-state index in [4.69, 9.17) is 14.5 Å². The third-order valence-corrected chi connectivity index (χ3v) is 9.13. The Morgan fingerprint density at radius 2 is 1.78 bits per heavy atom. The molecule has 13 heteroatoms. The van der Waals surface area contributed by atoms with Gasteiger partial charge in [-0.05, 0) is 90.0 Å². The lowest BCUT2D eigenvalue weighted by atomic mass is 9.91. The van der Waals surface area contributed by atoms with Crippen LogP contribution in [0.2, 0.25) is 0 Å². The lowest BCUT2D eigenvalue weighted by molar-refractivity contribution is -0.157. The maximum Gasteiger partial charge on any atom is 0.411 e. The molecule has 49 heavy (non-hydrogen) atoms. The van der Waals surface area contributed by atoms with Gasteiger partial charge in [0.2, 0.25) is 5.91 Å². The second kappa shape index (κ2) is 14.1. The Hall–Kier alpha value is -4.52. The van der Waals surface area contributed by atoms with Crippen molar-refractivity contribution in [3.63, 3.8) is 0 Å². The first-order valence-corrected chi connectivity index (χ1v) is 17.1. The summed E-state index contributed by atoms with van der Waals surface area (Å²) < 4.78 is 11.5. The summed E-state index contributed by atoms with van der Waals surface area (Å²) in [6.07, 6.45) is 4.02. The number of ether oxygens (including phenoxy) is 2. The summed E-state index contributed by atoms with van der Waals surface area (Å²) in [7, 11) is 0. The Bertz CT molecular complexity index is 1650. The number of likely N-dealkylation sites (tertiary alicyclic amines) is 1. The number of nitrogens with one attached hydrogen (secondary N) is 3. The smallest absolute Gasteiger partial charge is 0.411 e. The third-order valence-electron chi connectivity index (χ3n) is 9.13. The number of fused-ring (bicyclic) bond motifs is 4. The van der Waals surface area contributed by atoms with Gasteiger partial charge in [0, 0.05) is 18.5 Å². The average Bonchev–Trinajstić information content (AvgIpc) is 3.49. The van der Waals surface area contributed by atoms with E-state index in [9.17, 15) is 24.0 Å². The van der Waals surface area contributed by atoms with Gasteiger partial charge in [-0.3, -0.25) is 29.1 Å². The fraction of sp³-hybridized carbons (Fsp3) is 0.556. The van der Waals surface area contributed by atoms with Gasteiger partial charge in [-0.15, -0.1) is 0 Å². The summed E-state index contributed by atoms with van der Waals surface area (Å²) in [4.78, 5) is 74.6. The molecule has 2 fully saturated rings. The number of aromatic nitrogens is 1. The van der Waals surface area contributed by atoms with E-state index in [1.54, 1.807) is 60.6 Å². The van der Waals surface area contributed by atoms with Crippen LogP contribution in [-0.4, -0.2) is 87.0 Å². The molecule has 3 aliphatic rings. The highest BCUT2D eigenvalue weighted by Gasteiger charge is 2.50. The number of benzene rings is 1. The van der Waals surface area contributed by atoms with Crippen LogP contribution < -0.4 is 16.1 Å². The summed E-state index contributed by atoms with van der Waals surface area (Å²) in [5, 5.41) is 7.87. The SMILES string of the molecule is CC(C)[C@@H]1NC(=O)[C@@]2(C=Cc3ccc4ccc(nc4c3)[C@@H](C)OC(=O)[C@@H]3CCCN(N3)C(=O)[C@H](C)NC1=O)CCCN2C(=O)OC(C)(C)C. The van der Waals surface area contributed by atoms with Gasteiger partial charge >= 0.3 is 12.1 Å². The number of pyridine rings is 1. The van der Waals surface area contributed by atoms with Crippen molar-refractivity contribution in [3.05, 3.63) is 47.7 Å². The van der Waals surface area contributed by atoms with Crippen LogP contribution in [0.25, 0.3) is 17.0 Å². The predicted octanol–water partition coefficient (Wildman–Crippen LogP) is 3.78. The normalized spacial score (nSPS) is 27.3. The summed E-state index contributed by atoms with van der Waals surface area (Å²) >= 11 is 0. The Labute approximate surface area is 287 Å². The highest BCUT2D eigenvalue weighted by molar-refractivity contribution is 5.98. The zero-order chi connectivity index (χ0) is 35.7. The molecule has 2 aromatic rings. The van der Waals surface area contributed by atoms with E-state index >= 15 is 0 Å². The first-order chi connectivity index (χ1) is 23.1. The highest BCUT2D eigenvalue weighted by atomic mass is 16.6. The number of hydrogen-bond acceptors (Lipinski definition) is 9. The van der Waals surface area contributed by atoms with E-state index < -0.39 is 65.2 Å². The molecule has 5 bridgehead atoms. The third kappa shape index (κ3) is 7.87. The van der Waals surface area contributed by atoms with Crippen LogP contribution in [0.5, 0.6) is 0 Å². The molecule has 0 aliphatic carbocycles. The maximum atomic E-state index is 14.4. The zero-order valence-corrected chi connectivity index (χ0v) is 29.4. The molecule has 0 saturated carbocycles. The number of esters is 1. The van der Waals surface area contributed by atoms with Gasteiger partial charge in [0.05, 0.1) is 11.2 Å². The Balaban J connectivity index is 1.58. The molecular weight excluding hydrogens is 628 g/mol. The number of hydrazine groups is 1. The molecule has 1 aromatic heterocycles. The molecule has 5 atom stereocenters. The van der Waals surface area contributed by atoms with Crippen molar-refractivity contribution in [3.8, 4) is 0 Å². The molecule has 4 amide bonds. The fourth-order valence-electron chi connectivity index (χ4n) is 6.44. The Kier molecular flexibility index (Phi) is 10.3. The largest absolute Gasteiger partial charge is 0.455 e. The molecule has 3 N–H and O–H groups in total. The molecule has 1 aromatic carbocycles. The number of amides is 4. The van der Waals surface area contributed by atoms with Gasteiger partial charge in [-0.1, -0.05) is 38.1 Å². The molecule has 3 aliphatic heterocycles. The van der Waals surface area contributed by atoms with Gasteiger partial charge in [-0.25, -0.2) is 15.2 Å². The number of carbonyl (C=O) groups is 5. The minimum absolute atomic E-state index is 0.278. The van der Waals surface area contributed by atoms with E-state index in [1.165, 1.54) is 9.91 Å². The topological polar surface area (TPSA) is 159 Å². The standard InChI is InChI=1S/C36H48N6O7/c1-21(2)29-30(43)37-22(3)31(44)42-19-8-10-27(40-42)32(45)48-23(4)26-14-13-25-12-11-24(20-28(25)38-26)15-17-36(33(46)39-29)16-9-18-41(36)34(47)49-35(5,6)7/h11-15,17,20-23,27,29,40H,8-10,16,18-19H2,1-7H3,(H,37,43)(H,39,46)/t22-,23+,27-,29-,36-/m0/s1. The van der Waals surface area contributed by atoms with Crippen molar-refractivity contribution in [1.82, 2.24) is 31.0 Å². The van der Waals surface area contributed by atoms with Crippen molar-refractivity contribution in [2.24, 2.45) is 5.92 Å². The van der Waals surface area contributed by atoms with Crippen LogP contribution in [0.4, 0.5) is 4.79 Å². The molecule has 264 valence electrons. The van der Waals surface area contributed by atoms with Crippen molar-refractivity contribution in [2.75, 3.05) is 13.1 Å². The molecular formula is C36H48N6O7. The quantitative estimate of drug-likeness (QED) is 0.382. The highest BCUT2D eigenvalue weighted by Crippen LogP contribution is 2.34. The van der Waals surface area contributed by atoms with Gasteiger partial charge in [0.15, 0.2) is 0 Å². The van der Waals surface area contributed by atoms with Crippen molar-refractivity contribution in [1.29, 1.82) is 0 Å². The molecule has 5 rings (SSSR count).